The average Bonchev–Trinajstić information content (AvgIpc) is 2.85. The molecule has 0 fully saturated rings. The van der Waals surface area contributed by atoms with Crippen LogP contribution in [0.25, 0.3) is 0 Å². The third-order valence-electron chi connectivity index (χ3n) is 2.54. The van der Waals surface area contributed by atoms with E-state index in [2.05, 4.69) is 15.0 Å². The molecule has 0 spiro atoms. The van der Waals surface area contributed by atoms with E-state index in [0.717, 1.165) is 17.6 Å². The molecule has 1 heterocycles. The minimum Gasteiger partial charge on any atom is -0.377 e. The van der Waals surface area contributed by atoms with Crippen molar-refractivity contribution in [3.8, 4) is 0 Å². The van der Waals surface area contributed by atoms with E-state index >= 15 is 0 Å². The molecule has 0 radical (unpaired) electrons. The first-order chi connectivity index (χ1) is 9.35. The summed E-state index contributed by atoms with van der Waals surface area (Å²) in [5.41, 5.74) is 3.89. The largest absolute Gasteiger partial charge is 0.377 e. The lowest BCUT2D eigenvalue weighted by molar-refractivity contribution is 0.607. The van der Waals surface area contributed by atoms with Crippen LogP contribution in [-0.2, 0) is 10.0 Å². The summed E-state index contributed by atoms with van der Waals surface area (Å²) in [5.74, 6) is 0. The summed E-state index contributed by atoms with van der Waals surface area (Å²) >= 11 is 7.60. The summed E-state index contributed by atoms with van der Waals surface area (Å²) in [5, 5.41) is 5.57. The molecule has 2 N–H and O–H groups in total. The van der Waals surface area contributed by atoms with Crippen LogP contribution in [0.1, 0.15) is 18.7 Å². The van der Waals surface area contributed by atoms with Crippen molar-refractivity contribution in [1.82, 2.24) is 4.98 Å². The average molecular weight is 332 g/mol. The van der Waals surface area contributed by atoms with Gasteiger partial charge < -0.3 is 5.32 Å². The Labute approximate surface area is 127 Å². The SMILES string of the molecule is CC(Nc1ccc(NS(C)(=O)=O)c(Cl)c1)c1cscn1. The minimum absolute atomic E-state index is 0.0473. The first kappa shape index (κ1) is 15.1. The Bertz CT molecular complexity index is 687. The van der Waals surface area contributed by atoms with Crippen molar-refractivity contribution in [1.29, 1.82) is 0 Å². The van der Waals surface area contributed by atoms with E-state index in [1.54, 1.807) is 23.7 Å². The maximum Gasteiger partial charge on any atom is 0.229 e. The highest BCUT2D eigenvalue weighted by Crippen LogP contribution is 2.28. The summed E-state index contributed by atoms with van der Waals surface area (Å²) in [6.07, 6.45) is 1.08. The number of hydrogen-bond acceptors (Lipinski definition) is 5. The predicted octanol–water partition coefficient (Wildman–Crippen LogP) is 3.34. The van der Waals surface area contributed by atoms with Crippen LogP contribution in [0.3, 0.4) is 0 Å². The molecule has 0 amide bonds. The number of nitrogens with one attached hydrogen (secondary N) is 2. The number of halogens is 1. The fourth-order valence-electron chi connectivity index (χ4n) is 1.65. The van der Waals surface area contributed by atoms with E-state index in [1.165, 1.54) is 11.3 Å². The molecule has 1 atom stereocenters. The molecule has 0 saturated heterocycles. The van der Waals surface area contributed by atoms with Gasteiger partial charge in [0.1, 0.15) is 0 Å². The molecule has 2 aromatic rings. The molecule has 0 aliphatic heterocycles. The van der Waals surface area contributed by atoms with Gasteiger partial charge in [-0.05, 0) is 25.1 Å². The van der Waals surface area contributed by atoms with Gasteiger partial charge in [0, 0.05) is 11.1 Å². The lowest BCUT2D eigenvalue weighted by Crippen LogP contribution is -2.10. The Hall–Kier alpha value is -1.31. The fourth-order valence-corrected chi connectivity index (χ4v) is 3.16. The van der Waals surface area contributed by atoms with E-state index < -0.39 is 10.0 Å². The second-order valence-electron chi connectivity index (χ2n) is 4.35. The standard InChI is InChI=1S/C12H14ClN3O2S2/c1-8(12-6-19-7-14-12)15-9-3-4-11(10(13)5-9)16-20(2,17)18/h3-8,15-16H,1-2H3. The van der Waals surface area contributed by atoms with Gasteiger partial charge in [-0.3, -0.25) is 4.72 Å². The van der Waals surface area contributed by atoms with Crippen molar-refractivity contribution in [3.05, 3.63) is 39.8 Å². The van der Waals surface area contributed by atoms with Crippen LogP contribution < -0.4 is 10.0 Å². The molecule has 20 heavy (non-hydrogen) atoms. The number of thiazole rings is 1. The van der Waals surface area contributed by atoms with Gasteiger partial charge in [-0.15, -0.1) is 11.3 Å². The maximum atomic E-state index is 11.2. The maximum absolute atomic E-state index is 11.2. The molecular formula is C12H14ClN3O2S2. The zero-order valence-electron chi connectivity index (χ0n) is 10.9. The van der Waals surface area contributed by atoms with Crippen molar-refractivity contribution < 1.29 is 8.42 Å². The van der Waals surface area contributed by atoms with Gasteiger partial charge in [0.15, 0.2) is 0 Å². The van der Waals surface area contributed by atoms with E-state index in [4.69, 9.17) is 11.6 Å². The molecule has 108 valence electrons. The second-order valence-corrected chi connectivity index (χ2v) is 7.22. The Kier molecular flexibility index (Phi) is 4.52. The van der Waals surface area contributed by atoms with Gasteiger partial charge >= 0.3 is 0 Å². The highest BCUT2D eigenvalue weighted by atomic mass is 35.5. The first-order valence-electron chi connectivity index (χ1n) is 5.77. The van der Waals surface area contributed by atoms with E-state index in [-0.39, 0.29) is 6.04 Å². The Balaban J connectivity index is 2.13. The second kappa shape index (κ2) is 5.99. The Morgan fingerprint density at radius 1 is 1.40 bits per heavy atom. The quantitative estimate of drug-likeness (QED) is 0.881. The normalized spacial score (nSPS) is 12.9. The monoisotopic (exact) mass is 331 g/mol. The number of rotatable bonds is 5. The molecule has 2 rings (SSSR count). The lowest BCUT2D eigenvalue weighted by atomic mass is 10.2. The van der Waals surface area contributed by atoms with Gasteiger partial charge in [-0.1, -0.05) is 11.6 Å². The molecular weight excluding hydrogens is 318 g/mol. The van der Waals surface area contributed by atoms with Crippen LogP contribution in [0, 0.1) is 0 Å². The first-order valence-corrected chi connectivity index (χ1v) is 8.98. The van der Waals surface area contributed by atoms with Crippen LogP contribution in [0.15, 0.2) is 29.1 Å². The van der Waals surface area contributed by atoms with E-state index in [9.17, 15) is 8.42 Å². The molecule has 1 unspecified atom stereocenters. The number of nitrogens with zero attached hydrogens (tertiary/aromatic N) is 1. The summed E-state index contributed by atoms with van der Waals surface area (Å²) < 4.78 is 24.7. The lowest BCUT2D eigenvalue weighted by Gasteiger charge is -2.14. The van der Waals surface area contributed by atoms with Crippen molar-refractivity contribution in [3.63, 3.8) is 0 Å². The molecule has 1 aromatic carbocycles. The van der Waals surface area contributed by atoms with Crippen LogP contribution in [-0.4, -0.2) is 19.7 Å². The van der Waals surface area contributed by atoms with Crippen molar-refractivity contribution in [2.75, 3.05) is 16.3 Å². The van der Waals surface area contributed by atoms with Gasteiger partial charge in [-0.2, -0.15) is 0 Å². The number of sulfonamides is 1. The summed E-state index contributed by atoms with van der Waals surface area (Å²) in [4.78, 5) is 4.23. The van der Waals surface area contributed by atoms with Crippen molar-refractivity contribution in [2.45, 2.75) is 13.0 Å². The number of aromatic nitrogens is 1. The van der Waals surface area contributed by atoms with Gasteiger partial charge in [0.25, 0.3) is 0 Å². The van der Waals surface area contributed by atoms with Crippen molar-refractivity contribution >= 4 is 44.3 Å². The van der Waals surface area contributed by atoms with Gasteiger partial charge in [0.05, 0.1) is 34.2 Å². The minimum atomic E-state index is -3.33. The van der Waals surface area contributed by atoms with Crippen LogP contribution >= 0.6 is 22.9 Å². The molecule has 0 saturated carbocycles. The summed E-state index contributed by atoms with van der Waals surface area (Å²) in [7, 11) is -3.33. The van der Waals surface area contributed by atoms with E-state index in [1.807, 2.05) is 12.3 Å². The topological polar surface area (TPSA) is 71.1 Å². The molecule has 0 aliphatic rings. The highest BCUT2D eigenvalue weighted by Gasteiger charge is 2.10. The molecule has 0 bridgehead atoms. The third kappa shape index (κ3) is 4.09. The van der Waals surface area contributed by atoms with Gasteiger partial charge in [0.2, 0.25) is 10.0 Å². The number of anilines is 2. The molecule has 8 heteroatoms. The van der Waals surface area contributed by atoms with Crippen LogP contribution in [0.2, 0.25) is 5.02 Å². The Morgan fingerprint density at radius 2 is 2.15 bits per heavy atom. The third-order valence-corrected chi connectivity index (χ3v) is 4.05. The summed E-state index contributed by atoms with van der Waals surface area (Å²) in [6, 6.07) is 5.12. The van der Waals surface area contributed by atoms with Crippen LogP contribution in [0.5, 0.6) is 0 Å². The van der Waals surface area contributed by atoms with Crippen molar-refractivity contribution in [2.24, 2.45) is 0 Å². The number of hydrogen-bond donors (Lipinski definition) is 2. The van der Waals surface area contributed by atoms with E-state index in [0.29, 0.717) is 10.7 Å². The Morgan fingerprint density at radius 3 is 2.70 bits per heavy atom. The fraction of sp³-hybridized carbons (Fsp3) is 0.250. The molecule has 0 aliphatic carbocycles. The zero-order chi connectivity index (χ0) is 14.8. The van der Waals surface area contributed by atoms with Crippen LogP contribution in [0.4, 0.5) is 11.4 Å². The highest BCUT2D eigenvalue weighted by molar-refractivity contribution is 7.92. The molecule has 1 aromatic heterocycles. The predicted molar refractivity (Wildman–Crippen MR) is 84.1 cm³/mol. The molecule has 5 nitrogen and oxygen atoms in total. The van der Waals surface area contributed by atoms with Gasteiger partial charge in [-0.25, -0.2) is 13.4 Å². The smallest absolute Gasteiger partial charge is 0.229 e. The summed E-state index contributed by atoms with van der Waals surface area (Å²) in [6.45, 7) is 1.99. The zero-order valence-corrected chi connectivity index (χ0v) is 13.3. The number of benzene rings is 1.